The van der Waals surface area contributed by atoms with Crippen molar-refractivity contribution in [3.05, 3.63) is 16.4 Å². The summed E-state index contributed by atoms with van der Waals surface area (Å²) in [4.78, 5) is 11.0. The molecule has 3 nitrogen and oxygen atoms in total. The summed E-state index contributed by atoms with van der Waals surface area (Å²) in [5.74, 6) is 0.931. The highest BCUT2D eigenvalue weighted by Gasteiger charge is 2.16. The average Bonchev–Trinajstić information content (AvgIpc) is 2.41. The van der Waals surface area contributed by atoms with E-state index in [0.29, 0.717) is 22.6 Å². The van der Waals surface area contributed by atoms with Crippen LogP contribution in [0.5, 0.6) is 0 Å². The molecule has 1 aromatic rings. The Labute approximate surface area is 102 Å². The topological polar surface area (TPSA) is 34.9 Å². The Bertz CT molecular complexity index is 369. The Morgan fingerprint density at radius 2 is 1.94 bits per heavy atom. The highest BCUT2D eigenvalue weighted by molar-refractivity contribution is 6.32. The van der Waals surface area contributed by atoms with Crippen LogP contribution in [0.25, 0.3) is 0 Å². The summed E-state index contributed by atoms with van der Waals surface area (Å²) >= 11 is 6.13. The van der Waals surface area contributed by atoms with Crippen molar-refractivity contribution in [3.8, 4) is 0 Å². The molecule has 1 rings (SSSR count). The highest BCUT2D eigenvalue weighted by Crippen LogP contribution is 2.21. The van der Waals surface area contributed by atoms with Crippen LogP contribution in [0, 0.1) is 11.8 Å². The molecule has 90 valence electrons. The summed E-state index contributed by atoms with van der Waals surface area (Å²) in [5, 5.41) is 4.89. The Morgan fingerprint density at radius 1 is 1.31 bits per heavy atom. The summed E-state index contributed by atoms with van der Waals surface area (Å²) in [5.41, 5.74) is 1.37. The molecular weight excluding hydrogens is 224 g/mol. The summed E-state index contributed by atoms with van der Waals surface area (Å²) in [6.45, 7) is 9.15. The van der Waals surface area contributed by atoms with E-state index in [4.69, 9.17) is 11.6 Å². The van der Waals surface area contributed by atoms with Gasteiger partial charge in [-0.05, 0) is 18.3 Å². The van der Waals surface area contributed by atoms with Crippen molar-refractivity contribution in [2.24, 2.45) is 11.8 Å². The quantitative estimate of drug-likeness (QED) is 0.744. The molecule has 0 unspecified atom stereocenters. The Balaban J connectivity index is 3.04. The van der Waals surface area contributed by atoms with Gasteiger partial charge in [-0.3, -0.25) is 9.48 Å². The van der Waals surface area contributed by atoms with Gasteiger partial charge in [0.2, 0.25) is 0 Å². The van der Waals surface area contributed by atoms with Crippen molar-refractivity contribution in [2.45, 2.75) is 40.7 Å². The first-order chi connectivity index (χ1) is 7.45. The minimum atomic E-state index is 0.462. The van der Waals surface area contributed by atoms with Crippen LogP contribution in [0.1, 0.15) is 43.7 Å². The molecule has 0 atom stereocenters. The van der Waals surface area contributed by atoms with Gasteiger partial charge in [-0.15, -0.1) is 0 Å². The number of hydrogen-bond donors (Lipinski definition) is 0. The third-order valence-corrected chi connectivity index (χ3v) is 2.66. The molecule has 1 heterocycles. The Kier molecular flexibility index (Phi) is 4.54. The van der Waals surface area contributed by atoms with E-state index in [-0.39, 0.29) is 0 Å². The number of hydrogen-bond acceptors (Lipinski definition) is 2. The maximum atomic E-state index is 11.0. The zero-order valence-electron chi connectivity index (χ0n) is 10.3. The van der Waals surface area contributed by atoms with Gasteiger partial charge in [-0.1, -0.05) is 39.3 Å². The SMILES string of the molecule is CC(C)Cc1nn(CC(C)C)c(Cl)c1C=O. The Hall–Kier alpha value is -0.830. The van der Waals surface area contributed by atoms with Crippen molar-refractivity contribution >= 4 is 17.9 Å². The van der Waals surface area contributed by atoms with Gasteiger partial charge in [0.1, 0.15) is 5.15 Å². The van der Waals surface area contributed by atoms with Gasteiger partial charge in [0.05, 0.1) is 11.3 Å². The molecule has 4 heteroatoms. The second-order valence-corrected chi connectivity index (χ2v) is 5.30. The van der Waals surface area contributed by atoms with Crippen molar-refractivity contribution in [1.82, 2.24) is 9.78 Å². The monoisotopic (exact) mass is 242 g/mol. The van der Waals surface area contributed by atoms with Crippen LogP contribution in [0.15, 0.2) is 0 Å². The molecule has 0 aliphatic rings. The lowest BCUT2D eigenvalue weighted by Crippen LogP contribution is -2.07. The van der Waals surface area contributed by atoms with E-state index in [2.05, 4.69) is 32.8 Å². The number of aldehydes is 1. The molecule has 0 saturated carbocycles. The number of carbonyl (C=O) groups is 1. The van der Waals surface area contributed by atoms with Crippen molar-refractivity contribution in [3.63, 3.8) is 0 Å². The van der Waals surface area contributed by atoms with Crippen LogP contribution in [-0.2, 0) is 13.0 Å². The fraction of sp³-hybridized carbons (Fsp3) is 0.667. The second-order valence-electron chi connectivity index (χ2n) is 4.94. The fourth-order valence-electron chi connectivity index (χ4n) is 1.62. The standard InChI is InChI=1S/C12H19ClN2O/c1-8(2)5-11-10(7-16)12(13)15(14-11)6-9(3)4/h7-9H,5-6H2,1-4H3. The molecule has 0 aliphatic heterocycles. The predicted octanol–water partition coefficient (Wildman–Crippen LogP) is 3.20. The van der Waals surface area contributed by atoms with E-state index in [1.807, 2.05) is 0 Å². The summed E-state index contributed by atoms with van der Waals surface area (Å²) in [7, 11) is 0. The van der Waals surface area contributed by atoms with Crippen molar-refractivity contribution in [1.29, 1.82) is 0 Å². The van der Waals surface area contributed by atoms with E-state index >= 15 is 0 Å². The third-order valence-electron chi connectivity index (χ3n) is 2.26. The summed E-state index contributed by atoms with van der Waals surface area (Å²) < 4.78 is 1.73. The van der Waals surface area contributed by atoms with Gasteiger partial charge in [0.25, 0.3) is 0 Å². The maximum Gasteiger partial charge on any atom is 0.155 e. The van der Waals surface area contributed by atoms with Gasteiger partial charge in [-0.2, -0.15) is 5.10 Å². The van der Waals surface area contributed by atoms with Crippen molar-refractivity contribution in [2.75, 3.05) is 0 Å². The first kappa shape index (κ1) is 13.2. The van der Waals surface area contributed by atoms with Gasteiger partial charge < -0.3 is 0 Å². The van der Waals surface area contributed by atoms with E-state index < -0.39 is 0 Å². The van der Waals surface area contributed by atoms with Crippen LogP contribution in [0.3, 0.4) is 0 Å². The third kappa shape index (κ3) is 3.08. The van der Waals surface area contributed by atoms with Gasteiger partial charge >= 0.3 is 0 Å². The minimum absolute atomic E-state index is 0.462. The first-order valence-corrected chi connectivity index (χ1v) is 6.03. The lowest BCUT2D eigenvalue weighted by molar-refractivity contribution is 0.112. The van der Waals surface area contributed by atoms with Gasteiger partial charge in [0, 0.05) is 6.54 Å². The molecule has 0 aromatic carbocycles. The molecule has 1 aromatic heterocycles. The predicted molar refractivity (Wildman–Crippen MR) is 66.0 cm³/mol. The summed E-state index contributed by atoms with van der Waals surface area (Å²) in [6.07, 6.45) is 1.60. The number of carbonyl (C=O) groups excluding carboxylic acids is 1. The van der Waals surface area contributed by atoms with Crippen molar-refractivity contribution < 1.29 is 4.79 Å². The molecule has 0 bridgehead atoms. The van der Waals surface area contributed by atoms with Crippen LogP contribution >= 0.6 is 11.6 Å². The molecule has 0 radical (unpaired) electrons. The van der Waals surface area contributed by atoms with Crippen LogP contribution in [0.4, 0.5) is 0 Å². The smallest absolute Gasteiger partial charge is 0.155 e. The minimum Gasteiger partial charge on any atom is -0.298 e. The average molecular weight is 243 g/mol. The Morgan fingerprint density at radius 3 is 2.38 bits per heavy atom. The van der Waals surface area contributed by atoms with Gasteiger partial charge in [-0.25, -0.2) is 0 Å². The largest absolute Gasteiger partial charge is 0.298 e. The molecule has 0 N–H and O–H groups in total. The lowest BCUT2D eigenvalue weighted by atomic mass is 10.1. The first-order valence-electron chi connectivity index (χ1n) is 5.66. The number of rotatable bonds is 5. The van der Waals surface area contributed by atoms with E-state index in [9.17, 15) is 4.79 Å². The molecular formula is C12H19ClN2O. The molecule has 0 amide bonds. The molecule has 0 aliphatic carbocycles. The number of halogens is 1. The maximum absolute atomic E-state index is 11.0. The second kappa shape index (κ2) is 5.48. The zero-order valence-corrected chi connectivity index (χ0v) is 11.1. The van der Waals surface area contributed by atoms with E-state index in [0.717, 1.165) is 24.9 Å². The molecule has 0 fully saturated rings. The van der Waals surface area contributed by atoms with Crippen LogP contribution in [0.2, 0.25) is 5.15 Å². The lowest BCUT2D eigenvalue weighted by Gasteiger charge is -2.05. The van der Waals surface area contributed by atoms with Crippen LogP contribution in [-0.4, -0.2) is 16.1 Å². The fourth-order valence-corrected chi connectivity index (χ4v) is 1.88. The number of aromatic nitrogens is 2. The normalized spacial score (nSPS) is 11.4. The molecule has 0 saturated heterocycles. The highest BCUT2D eigenvalue weighted by atomic mass is 35.5. The van der Waals surface area contributed by atoms with Crippen LogP contribution < -0.4 is 0 Å². The van der Waals surface area contributed by atoms with Gasteiger partial charge in [0.15, 0.2) is 6.29 Å². The molecule has 0 spiro atoms. The zero-order chi connectivity index (χ0) is 12.3. The number of nitrogens with zero attached hydrogens (tertiary/aromatic N) is 2. The molecule has 16 heavy (non-hydrogen) atoms. The summed E-state index contributed by atoms with van der Waals surface area (Å²) in [6, 6.07) is 0. The van der Waals surface area contributed by atoms with E-state index in [1.54, 1.807) is 4.68 Å². The van der Waals surface area contributed by atoms with E-state index in [1.165, 1.54) is 0 Å².